The summed E-state index contributed by atoms with van der Waals surface area (Å²) in [5, 5.41) is 16.9. The lowest BCUT2D eigenvalue weighted by Gasteiger charge is -2.24. The summed E-state index contributed by atoms with van der Waals surface area (Å²) in [4.78, 5) is 15.0. The maximum atomic E-state index is 10.0. The first-order valence-electron chi connectivity index (χ1n) is 9.95. The molecule has 0 radical (unpaired) electrons. The Morgan fingerprint density at radius 3 is 2.58 bits per heavy atom. The predicted molar refractivity (Wildman–Crippen MR) is 127 cm³/mol. The van der Waals surface area contributed by atoms with E-state index in [9.17, 15) is 5.26 Å². The van der Waals surface area contributed by atoms with Crippen LogP contribution >= 0.6 is 23.5 Å². The summed E-state index contributed by atoms with van der Waals surface area (Å²) in [5.41, 5.74) is 9.33. The zero-order valence-corrected chi connectivity index (χ0v) is 19.4. The van der Waals surface area contributed by atoms with E-state index in [2.05, 4.69) is 21.1 Å². The average Bonchev–Trinajstić information content (AvgIpc) is 3.11. The third-order valence-electron chi connectivity index (χ3n) is 5.22. The molecule has 1 aliphatic rings. The molecule has 1 saturated carbocycles. The topological polar surface area (TPSA) is 110 Å². The lowest BCUT2D eigenvalue weighted by atomic mass is 10.0. The van der Waals surface area contributed by atoms with E-state index in [4.69, 9.17) is 10.7 Å². The van der Waals surface area contributed by atoms with E-state index in [0.29, 0.717) is 16.3 Å². The number of hydrogen-bond donors (Lipinski definition) is 1. The number of aromatic nitrogens is 5. The number of nitrogens with zero attached hydrogens (tertiary/aromatic N) is 7. The third-order valence-corrected chi connectivity index (χ3v) is 7.75. The first-order chi connectivity index (χ1) is 15.0. The van der Waals surface area contributed by atoms with E-state index in [1.807, 2.05) is 49.9 Å². The molecule has 0 aliphatic heterocycles. The van der Waals surface area contributed by atoms with Gasteiger partial charge in [0.15, 0.2) is 5.82 Å². The minimum absolute atomic E-state index is 0.214. The normalized spacial score (nSPS) is 13.6. The van der Waals surface area contributed by atoms with Crippen LogP contribution in [0.1, 0.15) is 24.8 Å². The fourth-order valence-corrected chi connectivity index (χ4v) is 5.82. The highest BCUT2D eigenvalue weighted by Gasteiger charge is 2.21. The molecule has 2 N–H and O–H groups in total. The van der Waals surface area contributed by atoms with Crippen LogP contribution in [0.5, 0.6) is 0 Å². The number of nitriles is 1. The zero-order chi connectivity index (χ0) is 22.0. The fraction of sp³-hybridized carbons (Fsp3) is 0.381. The molecule has 0 aromatic carbocycles. The van der Waals surface area contributed by atoms with Crippen molar-refractivity contribution in [1.82, 2.24) is 24.7 Å². The molecular formula is C21H24N8S2. The molecule has 31 heavy (non-hydrogen) atoms. The molecule has 3 aromatic heterocycles. The van der Waals surface area contributed by atoms with E-state index >= 15 is 0 Å². The van der Waals surface area contributed by atoms with Crippen molar-refractivity contribution in [2.75, 3.05) is 29.8 Å². The van der Waals surface area contributed by atoms with Crippen molar-refractivity contribution in [1.29, 1.82) is 5.26 Å². The second-order valence-corrected chi connectivity index (χ2v) is 10.2. The minimum atomic E-state index is 0.214. The molecule has 0 atom stereocenters. The Kier molecular flexibility index (Phi) is 6.34. The van der Waals surface area contributed by atoms with Crippen molar-refractivity contribution in [3.05, 3.63) is 30.1 Å². The molecule has 3 heterocycles. The van der Waals surface area contributed by atoms with Crippen LogP contribution in [-0.2, 0) is 7.05 Å². The van der Waals surface area contributed by atoms with Crippen molar-refractivity contribution in [2.24, 2.45) is 7.05 Å². The lowest BCUT2D eigenvalue weighted by Crippen LogP contribution is -2.13. The molecule has 3 aromatic rings. The molecule has 0 bridgehead atoms. The number of thioether (sulfide) groups is 2. The molecule has 0 unspecified atom stereocenters. The Morgan fingerprint density at radius 1 is 1.26 bits per heavy atom. The van der Waals surface area contributed by atoms with Gasteiger partial charge < -0.3 is 10.6 Å². The Morgan fingerprint density at radius 2 is 2.00 bits per heavy atom. The maximum absolute atomic E-state index is 10.0. The fourth-order valence-electron chi connectivity index (χ4n) is 3.20. The molecule has 1 aliphatic carbocycles. The lowest BCUT2D eigenvalue weighted by molar-refractivity contribution is 0.523. The van der Waals surface area contributed by atoms with Gasteiger partial charge in [0, 0.05) is 61.1 Å². The third kappa shape index (κ3) is 4.62. The van der Waals surface area contributed by atoms with Crippen molar-refractivity contribution < 1.29 is 0 Å². The van der Waals surface area contributed by atoms with E-state index in [-0.39, 0.29) is 5.95 Å². The monoisotopic (exact) mass is 452 g/mol. The van der Waals surface area contributed by atoms with Crippen LogP contribution in [-0.4, -0.2) is 49.2 Å². The molecule has 8 nitrogen and oxygen atoms in total. The molecule has 160 valence electrons. The van der Waals surface area contributed by atoms with E-state index < -0.39 is 0 Å². The maximum Gasteiger partial charge on any atom is 0.219 e. The van der Waals surface area contributed by atoms with Crippen LogP contribution in [0.25, 0.3) is 22.5 Å². The summed E-state index contributed by atoms with van der Waals surface area (Å²) in [5.74, 6) is 1.04. The van der Waals surface area contributed by atoms with Gasteiger partial charge in [-0.3, -0.25) is 4.68 Å². The molecule has 0 spiro atoms. The van der Waals surface area contributed by atoms with Crippen molar-refractivity contribution in [3.8, 4) is 28.6 Å². The highest BCUT2D eigenvalue weighted by molar-refractivity contribution is 8.16. The molecule has 10 heteroatoms. The summed E-state index contributed by atoms with van der Waals surface area (Å²) in [6.07, 6.45) is 7.19. The quantitative estimate of drug-likeness (QED) is 0.423. The second-order valence-electron chi connectivity index (χ2n) is 7.56. The number of anilines is 2. The smallest absolute Gasteiger partial charge is 0.219 e. The Hall–Kier alpha value is -2.77. The van der Waals surface area contributed by atoms with Crippen molar-refractivity contribution >= 4 is 35.3 Å². The number of nitrogen functional groups attached to an aromatic ring is 1. The van der Waals surface area contributed by atoms with Crippen LogP contribution in [0.2, 0.25) is 0 Å². The van der Waals surface area contributed by atoms with Gasteiger partial charge in [-0.15, -0.1) is 11.8 Å². The van der Waals surface area contributed by atoms with Gasteiger partial charge >= 0.3 is 0 Å². The molecular weight excluding hydrogens is 428 g/mol. The molecule has 0 amide bonds. The van der Waals surface area contributed by atoms with Gasteiger partial charge in [0.25, 0.3) is 0 Å². The molecule has 1 fully saturated rings. The van der Waals surface area contributed by atoms with Crippen LogP contribution in [0.4, 0.5) is 11.8 Å². The van der Waals surface area contributed by atoms with Crippen LogP contribution in [0.15, 0.2) is 29.6 Å². The number of nitrogens with two attached hydrogens (primary N) is 1. The number of hydrogen-bond acceptors (Lipinski definition) is 9. The standard InChI is InChI=1S/C21H24N8S2/c1-28(2)19-8-18(29(3)27-19)15-7-17(13-10-24-21(23)25-11-13)26-20(16(15)9-22)31-12-30-14-5-4-6-14/h7-8,10-11,14H,4-6,12H2,1-3H3,(H2,23,24,25). The summed E-state index contributed by atoms with van der Waals surface area (Å²) in [6, 6.07) is 6.28. The Balaban J connectivity index is 1.79. The number of aryl methyl sites for hydroxylation is 1. The van der Waals surface area contributed by atoms with Crippen molar-refractivity contribution in [2.45, 2.75) is 29.5 Å². The summed E-state index contributed by atoms with van der Waals surface area (Å²) in [7, 11) is 5.77. The van der Waals surface area contributed by atoms with E-state index in [1.165, 1.54) is 19.3 Å². The summed E-state index contributed by atoms with van der Waals surface area (Å²) in [6.45, 7) is 0. The van der Waals surface area contributed by atoms with Gasteiger partial charge in [-0.2, -0.15) is 10.4 Å². The van der Waals surface area contributed by atoms with Gasteiger partial charge in [-0.25, -0.2) is 15.0 Å². The number of rotatable bonds is 7. The SMILES string of the molecule is CN(C)c1cc(-c2cc(-c3cnc(N)nc3)nc(SCSC3CCC3)c2C#N)n(C)n1. The molecule has 0 saturated heterocycles. The van der Waals surface area contributed by atoms with Crippen LogP contribution < -0.4 is 10.6 Å². The van der Waals surface area contributed by atoms with Gasteiger partial charge in [0.1, 0.15) is 11.1 Å². The average molecular weight is 453 g/mol. The molecule has 4 rings (SSSR count). The zero-order valence-electron chi connectivity index (χ0n) is 17.7. The van der Waals surface area contributed by atoms with Crippen LogP contribution in [0.3, 0.4) is 0 Å². The van der Waals surface area contributed by atoms with Gasteiger partial charge in [-0.1, -0.05) is 18.2 Å². The predicted octanol–water partition coefficient (Wildman–Crippen LogP) is 3.79. The second kappa shape index (κ2) is 9.16. The van der Waals surface area contributed by atoms with Gasteiger partial charge in [0.05, 0.1) is 17.0 Å². The summed E-state index contributed by atoms with van der Waals surface area (Å²) >= 11 is 3.55. The minimum Gasteiger partial charge on any atom is -0.368 e. The van der Waals surface area contributed by atoms with Gasteiger partial charge in [-0.05, 0) is 18.9 Å². The Labute approximate surface area is 190 Å². The largest absolute Gasteiger partial charge is 0.368 e. The Bertz CT molecular complexity index is 1110. The van der Waals surface area contributed by atoms with Crippen molar-refractivity contribution in [3.63, 3.8) is 0 Å². The van der Waals surface area contributed by atoms with Gasteiger partial charge in [0.2, 0.25) is 5.95 Å². The van der Waals surface area contributed by atoms with E-state index in [0.717, 1.165) is 33.0 Å². The first kappa shape index (κ1) is 21.5. The number of pyridine rings is 1. The van der Waals surface area contributed by atoms with E-state index in [1.54, 1.807) is 28.8 Å². The highest BCUT2D eigenvalue weighted by Crippen LogP contribution is 2.38. The highest BCUT2D eigenvalue weighted by atomic mass is 32.2. The summed E-state index contributed by atoms with van der Waals surface area (Å²) < 4.78 is 1.80. The first-order valence-corrected chi connectivity index (χ1v) is 12.0. The van der Waals surface area contributed by atoms with Crippen LogP contribution in [0, 0.1) is 11.3 Å².